The Balaban J connectivity index is 3.42. The quantitative estimate of drug-likeness (QED) is 0.0374. The number of aliphatic hydroxyl groups excluding tert-OH is 1. The van der Waals surface area contributed by atoms with Crippen molar-refractivity contribution < 1.29 is 24.2 Å². The molecule has 5 heteroatoms. The van der Waals surface area contributed by atoms with Gasteiger partial charge in [0.05, 0.1) is 6.61 Å². The van der Waals surface area contributed by atoms with Crippen LogP contribution < -0.4 is 0 Å². The number of unbranched alkanes of at least 4 members (excludes halogenated alkanes) is 40. The van der Waals surface area contributed by atoms with Crippen LogP contribution in [-0.4, -0.2) is 36.4 Å². The minimum absolute atomic E-state index is 0.0628. The number of hydrogen-bond donors (Lipinski definition) is 1. The fraction of sp³-hybridized carbons (Fsp3) is 0.841. The molecule has 0 heterocycles. The molecule has 1 atom stereocenters. The highest BCUT2D eigenvalue weighted by molar-refractivity contribution is 5.70. The summed E-state index contributed by atoms with van der Waals surface area (Å²) >= 11 is 0. The Hall–Kier alpha value is -2.14. The summed E-state index contributed by atoms with van der Waals surface area (Å²) in [5.41, 5.74) is 0. The molecule has 0 aliphatic heterocycles. The van der Waals surface area contributed by atoms with E-state index in [2.05, 4.69) is 62.5 Å². The summed E-state index contributed by atoms with van der Waals surface area (Å²) in [7, 11) is 0. The van der Waals surface area contributed by atoms with Gasteiger partial charge in [-0.3, -0.25) is 9.59 Å². The average molecular weight is 954 g/mol. The Labute approximate surface area is 424 Å². The SMILES string of the molecule is CC/C=C\C/C=C\C/C=C\C/C=C\CCCCCCCCCCCCCCC(=O)OC(CO)COC(=O)CCCCCCCCCCCCCCCCCCCCCCCCCCCCCCC. The minimum Gasteiger partial charge on any atom is -0.462 e. The van der Waals surface area contributed by atoms with Gasteiger partial charge in [-0.1, -0.05) is 306 Å². The smallest absolute Gasteiger partial charge is 0.306 e. The summed E-state index contributed by atoms with van der Waals surface area (Å²) < 4.78 is 10.7. The second-order valence-electron chi connectivity index (χ2n) is 20.4. The number of hydrogen-bond acceptors (Lipinski definition) is 5. The van der Waals surface area contributed by atoms with E-state index in [1.165, 1.54) is 238 Å². The van der Waals surface area contributed by atoms with Crippen LogP contribution in [0.1, 0.15) is 322 Å². The van der Waals surface area contributed by atoms with Crippen molar-refractivity contribution in [1.29, 1.82) is 0 Å². The van der Waals surface area contributed by atoms with Gasteiger partial charge in [-0.15, -0.1) is 0 Å². The molecule has 5 nitrogen and oxygen atoms in total. The molecule has 0 rings (SSSR count). The van der Waals surface area contributed by atoms with Crippen LogP contribution in [0.5, 0.6) is 0 Å². The summed E-state index contributed by atoms with van der Waals surface area (Å²) in [5.74, 6) is -0.576. The van der Waals surface area contributed by atoms with E-state index in [1.54, 1.807) is 0 Å². The molecule has 0 bridgehead atoms. The Kier molecular flexibility index (Phi) is 57.3. The Bertz CT molecular complexity index is 1120. The van der Waals surface area contributed by atoms with E-state index in [0.717, 1.165) is 57.8 Å². The van der Waals surface area contributed by atoms with Gasteiger partial charge in [0.2, 0.25) is 0 Å². The van der Waals surface area contributed by atoms with Crippen LogP contribution in [-0.2, 0) is 19.1 Å². The molecule has 0 spiro atoms. The van der Waals surface area contributed by atoms with Crippen LogP contribution in [0.4, 0.5) is 0 Å². The fourth-order valence-electron chi connectivity index (χ4n) is 9.14. The highest BCUT2D eigenvalue weighted by Crippen LogP contribution is 2.18. The third-order valence-corrected chi connectivity index (χ3v) is 13.6. The molecule has 0 radical (unpaired) electrons. The number of rotatable bonds is 56. The first-order valence-electron chi connectivity index (χ1n) is 30.2. The summed E-state index contributed by atoms with van der Waals surface area (Å²) in [5, 5.41) is 9.67. The maximum Gasteiger partial charge on any atom is 0.306 e. The van der Waals surface area contributed by atoms with E-state index in [-0.39, 0.29) is 25.2 Å². The van der Waals surface area contributed by atoms with Gasteiger partial charge in [-0.2, -0.15) is 0 Å². The molecule has 0 saturated carbocycles. The predicted molar refractivity (Wildman–Crippen MR) is 297 cm³/mol. The second-order valence-corrected chi connectivity index (χ2v) is 20.4. The van der Waals surface area contributed by atoms with E-state index in [0.29, 0.717) is 12.8 Å². The van der Waals surface area contributed by atoms with Gasteiger partial charge in [0, 0.05) is 12.8 Å². The van der Waals surface area contributed by atoms with Crippen molar-refractivity contribution in [3.8, 4) is 0 Å². The first kappa shape index (κ1) is 65.9. The van der Waals surface area contributed by atoms with Crippen molar-refractivity contribution in [2.75, 3.05) is 13.2 Å². The van der Waals surface area contributed by atoms with Crippen molar-refractivity contribution >= 4 is 11.9 Å². The van der Waals surface area contributed by atoms with Crippen molar-refractivity contribution in [2.24, 2.45) is 0 Å². The Morgan fingerprint density at radius 1 is 0.353 bits per heavy atom. The summed E-state index contributed by atoms with van der Waals surface area (Å²) in [6, 6.07) is 0. The largest absolute Gasteiger partial charge is 0.462 e. The molecular weight excluding hydrogens is 837 g/mol. The molecule has 0 saturated heterocycles. The molecule has 0 aromatic heterocycles. The van der Waals surface area contributed by atoms with Gasteiger partial charge in [0.15, 0.2) is 6.10 Å². The van der Waals surface area contributed by atoms with E-state index >= 15 is 0 Å². The zero-order valence-corrected chi connectivity index (χ0v) is 45.6. The van der Waals surface area contributed by atoms with Crippen LogP contribution in [0.3, 0.4) is 0 Å². The van der Waals surface area contributed by atoms with Crippen LogP contribution in [0.2, 0.25) is 0 Å². The monoisotopic (exact) mass is 953 g/mol. The lowest BCUT2D eigenvalue weighted by atomic mass is 10.0. The maximum atomic E-state index is 12.3. The summed E-state index contributed by atoms with van der Waals surface area (Å²) in [6.07, 6.45) is 78.2. The number of esters is 2. The molecule has 68 heavy (non-hydrogen) atoms. The molecule has 0 aromatic rings. The molecule has 0 aromatic carbocycles. The van der Waals surface area contributed by atoms with Crippen LogP contribution in [0.25, 0.3) is 0 Å². The Morgan fingerprint density at radius 3 is 0.956 bits per heavy atom. The number of carbonyl (C=O) groups excluding carboxylic acids is 2. The molecular formula is C63H116O5. The third kappa shape index (κ3) is 56.4. The molecule has 0 fully saturated rings. The Morgan fingerprint density at radius 2 is 0.632 bits per heavy atom. The van der Waals surface area contributed by atoms with Crippen molar-refractivity contribution in [3.05, 3.63) is 48.6 Å². The van der Waals surface area contributed by atoms with E-state index in [4.69, 9.17) is 9.47 Å². The second kappa shape index (κ2) is 59.2. The summed E-state index contributed by atoms with van der Waals surface area (Å²) in [6.45, 7) is 4.08. The fourth-order valence-corrected chi connectivity index (χ4v) is 9.14. The van der Waals surface area contributed by atoms with E-state index in [9.17, 15) is 14.7 Å². The van der Waals surface area contributed by atoms with Crippen molar-refractivity contribution in [3.63, 3.8) is 0 Å². The highest BCUT2D eigenvalue weighted by Gasteiger charge is 2.16. The number of allylic oxidation sites excluding steroid dienone is 8. The first-order valence-corrected chi connectivity index (χ1v) is 30.2. The molecule has 0 amide bonds. The number of ether oxygens (including phenoxy) is 2. The zero-order chi connectivity index (χ0) is 49.2. The van der Waals surface area contributed by atoms with Crippen LogP contribution in [0.15, 0.2) is 48.6 Å². The van der Waals surface area contributed by atoms with E-state index in [1.807, 2.05) is 0 Å². The van der Waals surface area contributed by atoms with E-state index < -0.39 is 6.10 Å². The topological polar surface area (TPSA) is 72.8 Å². The maximum absolute atomic E-state index is 12.3. The van der Waals surface area contributed by atoms with Gasteiger partial charge in [0.25, 0.3) is 0 Å². The normalized spacial score (nSPS) is 12.5. The standard InChI is InChI=1S/C63H116O5/c1-3-5-7-9-11-13-15-17-19-21-23-25-27-29-30-31-32-34-35-37-39-41-43-45-47-49-51-53-55-57-62(65)67-60-61(59-64)68-63(66)58-56-54-52-50-48-46-44-42-40-38-36-33-28-26-24-22-20-18-16-14-12-10-8-6-4-2/h6,8,12,14,18,20,24,26,61,64H,3-5,7,9-11,13,15-17,19,21-23,25,27-60H2,1-2H3/b8-6-,14-12-,20-18-,26-24-. The van der Waals surface area contributed by atoms with Crippen LogP contribution in [0, 0.1) is 0 Å². The van der Waals surface area contributed by atoms with Gasteiger partial charge in [-0.05, 0) is 51.4 Å². The molecule has 1 unspecified atom stereocenters. The zero-order valence-electron chi connectivity index (χ0n) is 45.6. The lowest BCUT2D eigenvalue weighted by molar-refractivity contribution is -0.161. The number of aliphatic hydroxyl groups is 1. The van der Waals surface area contributed by atoms with Gasteiger partial charge < -0.3 is 14.6 Å². The molecule has 398 valence electrons. The number of carbonyl (C=O) groups is 2. The van der Waals surface area contributed by atoms with Crippen molar-refractivity contribution in [1.82, 2.24) is 0 Å². The van der Waals surface area contributed by atoms with Gasteiger partial charge in [-0.25, -0.2) is 0 Å². The highest BCUT2D eigenvalue weighted by atomic mass is 16.6. The molecule has 1 N–H and O–H groups in total. The minimum atomic E-state index is -0.773. The first-order chi connectivity index (χ1) is 33.6. The lowest BCUT2D eigenvalue weighted by Gasteiger charge is -2.15. The third-order valence-electron chi connectivity index (χ3n) is 13.6. The predicted octanol–water partition coefficient (Wildman–Crippen LogP) is 20.4. The van der Waals surface area contributed by atoms with Crippen LogP contribution >= 0.6 is 0 Å². The molecule has 0 aliphatic carbocycles. The lowest BCUT2D eigenvalue weighted by Crippen LogP contribution is -2.28. The van der Waals surface area contributed by atoms with Gasteiger partial charge in [0.1, 0.15) is 6.61 Å². The average Bonchev–Trinajstić information content (AvgIpc) is 3.34. The molecule has 0 aliphatic rings. The summed E-state index contributed by atoms with van der Waals surface area (Å²) in [4.78, 5) is 24.6. The van der Waals surface area contributed by atoms with Gasteiger partial charge >= 0.3 is 11.9 Å². The van der Waals surface area contributed by atoms with Crippen molar-refractivity contribution in [2.45, 2.75) is 328 Å².